The van der Waals surface area contributed by atoms with Crippen molar-refractivity contribution in [1.29, 1.82) is 0 Å². The Bertz CT molecular complexity index is 1680. The molecule has 1 amide bonds. The van der Waals surface area contributed by atoms with E-state index in [1.807, 2.05) is 43.3 Å². The normalized spacial score (nSPS) is 13.3. The van der Waals surface area contributed by atoms with Crippen LogP contribution in [0.4, 0.5) is 0 Å². The summed E-state index contributed by atoms with van der Waals surface area (Å²) in [5.41, 5.74) is 13.6. The largest absolute Gasteiger partial charge is 0.366 e. The summed E-state index contributed by atoms with van der Waals surface area (Å²) in [5.74, 6) is -0.456. The van der Waals surface area contributed by atoms with E-state index in [4.69, 9.17) is 5.73 Å². The number of rotatable bonds is 3. The number of nitrogens with one attached hydrogen (secondary N) is 2. The molecule has 3 aromatic carbocycles. The molecule has 0 saturated heterocycles. The predicted octanol–water partition coefficient (Wildman–Crippen LogP) is 3.59. The summed E-state index contributed by atoms with van der Waals surface area (Å²) in [5, 5.41) is 4.98. The molecule has 1 aliphatic heterocycles. The lowest BCUT2D eigenvalue weighted by atomic mass is 9.91. The molecule has 2 aromatic heterocycles. The SMILES string of the molecule is Cc1c(-c2ccc(C(N)=O)c3[nH]c4c(c23)CCNC4)cccc1-n1cnc2ccccc2c1=O. The molecule has 168 valence electrons. The number of aromatic nitrogens is 3. The first-order valence-corrected chi connectivity index (χ1v) is 11.3. The van der Waals surface area contributed by atoms with Crippen molar-refractivity contribution in [3.63, 3.8) is 0 Å². The van der Waals surface area contributed by atoms with E-state index in [-0.39, 0.29) is 5.56 Å². The van der Waals surface area contributed by atoms with Gasteiger partial charge in [-0.2, -0.15) is 0 Å². The summed E-state index contributed by atoms with van der Waals surface area (Å²) < 4.78 is 1.60. The number of carbonyl (C=O) groups excluding carboxylic acids is 1. The monoisotopic (exact) mass is 449 g/mol. The van der Waals surface area contributed by atoms with Crippen molar-refractivity contribution in [2.45, 2.75) is 19.9 Å². The molecule has 34 heavy (non-hydrogen) atoms. The number of aromatic amines is 1. The van der Waals surface area contributed by atoms with Gasteiger partial charge >= 0.3 is 0 Å². The molecule has 1 aliphatic rings. The zero-order valence-electron chi connectivity index (χ0n) is 18.7. The fourth-order valence-electron chi connectivity index (χ4n) is 5.12. The Balaban J connectivity index is 1.61. The van der Waals surface area contributed by atoms with Crippen LogP contribution in [0.25, 0.3) is 38.6 Å². The minimum absolute atomic E-state index is 0.106. The van der Waals surface area contributed by atoms with Gasteiger partial charge in [0.05, 0.1) is 27.7 Å². The van der Waals surface area contributed by atoms with Crippen LogP contribution in [0.3, 0.4) is 0 Å². The van der Waals surface area contributed by atoms with E-state index in [1.54, 1.807) is 23.0 Å². The lowest BCUT2D eigenvalue weighted by molar-refractivity contribution is 0.100. The minimum atomic E-state index is -0.456. The molecular weight excluding hydrogens is 426 g/mol. The van der Waals surface area contributed by atoms with Crippen molar-refractivity contribution in [1.82, 2.24) is 19.9 Å². The van der Waals surface area contributed by atoms with Gasteiger partial charge in [0.25, 0.3) is 11.5 Å². The zero-order chi connectivity index (χ0) is 23.4. The van der Waals surface area contributed by atoms with Crippen molar-refractivity contribution in [2.75, 3.05) is 6.54 Å². The Kier molecular flexibility index (Phi) is 4.60. The second kappa shape index (κ2) is 7.67. The van der Waals surface area contributed by atoms with Gasteiger partial charge in [0.1, 0.15) is 6.33 Å². The maximum absolute atomic E-state index is 13.3. The summed E-state index contributed by atoms with van der Waals surface area (Å²) in [7, 11) is 0. The van der Waals surface area contributed by atoms with E-state index in [0.717, 1.165) is 58.5 Å². The quantitative estimate of drug-likeness (QED) is 0.391. The zero-order valence-corrected chi connectivity index (χ0v) is 18.7. The van der Waals surface area contributed by atoms with Gasteiger partial charge in [-0.15, -0.1) is 0 Å². The van der Waals surface area contributed by atoms with Crippen LogP contribution in [-0.2, 0) is 13.0 Å². The smallest absolute Gasteiger partial charge is 0.265 e. The summed E-state index contributed by atoms with van der Waals surface area (Å²) in [6.45, 7) is 3.61. The van der Waals surface area contributed by atoms with Crippen LogP contribution >= 0.6 is 0 Å². The van der Waals surface area contributed by atoms with Gasteiger partial charge in [0.2, 0.25) is 0 Å². The number of primary amides is 1. The molecule has 0 bridgehead atoms. The molecule has 4 N–H and O–H groups in total. The average Bonchev–Trinajstić information content (AvgIpc) is 3.24. The van der Waals surface area contributed by atoms with E-state index < -0.39 is 5.91 Å². The third-order valence-corrected chi connectivity index (χ3v) is 6.79. The van der Waals surface area contributed by atoms with Gasteiger partial charge < -0.3 is 16.0 Å². The first-order valence-electron chi connectivity index (χ1n) is 11.3. The minimum Gasteiger partial charge on any atom is -0.366 e. The van der Waals surface area contributed by atoms with Crippen molar-refractivity contribution < 1.29 is 4.79 Å². The van der Waals surface area contributed by atoms with Crippen molar-refractivity contribution >= 4 is 27.7 Å². The van der Waals surface area contributed by atoms with Crippen LogP contribution in [-0.4, -0.2) is 27.0 Å². The fraction of sp³-hybridized carbons (Fsp3) is 0.148. The molecule has 0 radical (unpaired) electrons. The number of carbonyl (C=O) groups is 1. The second-order valence-corrected chi connectivity index (χ2v) is 8.67. The molecule has 0 fully saturated rings. The van der Waals surface area contributed by atoms with Crippen molar-refractivity contribution in [3.05, 3.63) is 93.7 Å². The summed E-state index contributed by atoms with van der Waals surface area (Å²) in [6.07, 6.45) is 2.45. The molecule has 0 aliphatic carbocycles. The van der Waals surface area contributed by atoms with Crippen LogP contribution in [0.2, 0.25) is 0 Å². The van der Waals surface area contributed by atoms with Crippen molar-refractivity contribution in [2.24, 2.45) is 5.73 Å². The average molecular weight is 450 g/mol. The molecule has 6 rings (SSSR count). The molecule has 0 spiro atoms. The highest BCUT2D eigenvalue weighted by atomic mass is 16.1. The number of nitrogens with two attached hydrogens (primary N) is 1. The molecular formula is C27H23N5O2. The standard InChI is InChI=1S/C27H23N5O2/c1-15-16(6-4-8-23(15)32-14-30-21-7-3-2-5-19(21)27(32)34)17-9-10-20(26(28)33)25-24(17)18-11-12-29-13-22(18)31-25/h2-10,14,29,31H,11-13H2,1H3,(H2,28,33). The van der Waals surface area contributed by atoms with E-state index in [0.29, 0.717) is 16.5 Å². The summed E-state index contributed by atoms with van der Waals surface area (Å²) in [6, 6.07) is 17.0. The number of benzene rings is 3. The highest BCUT2D eigenvalue weighted by molar-refractivity contribution is 6.11. The molecule has 0 atom stereocenters. The van der Waals surface area contributed by atoms with E-state index >= 15 is 0 Å². The highest BCUT2D eigenvalue weighted by Gasteiger charge is 2.23. The van der Waals surface area contributed by atoms with Crippen LogP contribution in [0, 0.1) is 6.92 Å². The first-order chi connectivity index (χ1) is 16.5. The van der Waals surface area contributed by atoms with E-state index in [1.165, 1.54) is 5.56 Å². The number of H-pyrrole nitrogens is 1. The van der Waals surface area contributed by atoms with Crippen molar-refractivity contribution in [3.8, 4) is 16.8 Å². The van der Waals surface area contributed by atoms with Gasteiger partial charge in [-0.05, 0) is 66.4 Å². The van der Waals surface area contributed by atoms with Gasteiger partial charge in [-0.25, -0.2) is 4.98 Å². The van der Waals surface area contributed by atoms with E-state index in [2.05, 4.69) is 21.4 Å². The Hall–Kier alpha value is -4.23. The molecule has 7 heteroatoms. The Morgan fingerprint density at radius 1 is 1.06 bits per heavy atom. The number of para-hydroxylation sites is 1. The molecule has 0 saturated carbocycles. The van der Waals surface area contributed by atoms with Gasteiger partial charge in [0, 0.05) is 17.6 Å². The third kappa shape index (κ3) is 2.98. The third-order valence-electron chi connectivity index (χ3n) is 6.79. The Morgan fingerprint density at radius 3 is 2.76 bits per heavy atom. The number of fused-ring (bicyclic) bond motifs is 4. The van der Waals surface area contributed by atoms with Gasteiger partial charge in [-0.3, -0.25) is 14.2 Å². The maximum Gasteiger partial charge on any atom is 0.265 e. The fourth-order valence-corrected chi connectivity index (χ4v) is 5.12. The second-order valence-electron chi connectivity index (χ2n) is 8.67. The number of hydrogen-bond donors (Lipinski definition) is 3. The van der Waals surface area contributed by atoms with Crippen LogP contribution in [0.15, 0.2) is 65.7 Å². The van der Waals surface area contributed by atoms with Crippen LogP contribution < -0.4 is 16.6 Å². The van der Waals surface area contributed by atoms with Crippen LogP contribution in [0.5, 0.6) is 0 Å². The molecule has 5 aromatic rings. The number of nitrogens with zero attached hydrogens (tertiary/aromatic N) is 2. The number of hydrogen-bond acceptors (Lipinski definition) is 4. The Morgan fingerprint density at radius 2 is 1.91 bits per heavy atom. The van der Waals surface area contributed by atoms with Gasteiger partial charge in [0.15, 0.2) is 0 Å². The van der Waals surface area contributed by atoms with Crippen LogP contribution in [0.1, 0.15) is 27.2 Å². The predicted molar refractivity (Wildman–Crippen MR) is 133 cm³/mol. The lowest BCUT2D eigenvalue weighted by Crippen LogP contribution is -2.23. The molecule has 3 heterocycles. The lowest BCUT2D eigenvalue weighted by Gasteiger charge is -2.17. The number of amides is 1. The maximum atomic E-state index is 13.3. The Labute approximate surface area is 195 Å². The molecule has 7 nitrogen and oxygen atoms in total. The van der Waals surface area contributed by atoms with E-state index in [9.17, 15) is 9.59 Å². The van der Waals surface area contributed by atoms with Gasteiger partial charge in [-0.1, -0.05) is 30.3 Å². The highest BCUT2D eigenvalue weighted by Crippen LogP contribution is 2.38. The summed E-state index contributed by atoms with van der Waals surface area (Å²) >= 11 is 0. The molecule has 0 unspecified atom stereocenters. The topological polar surface area (TPSA) is 106 Å². The first kappa shape index (κ1) is 20.4. The summed E-state index contributed by atoms with van der Waals surface area (Å²) in [4.78, 5) is 33.4.